The van der Waals surface area contributed by atoms with E-state index in [4.69, 9.17) is 4.52 Å². The second kappa shape index (κ2) is 9.19. The Labute approximate surface area is 182 Å². The first-order chi connectivity index (χ1) is 14.6. The van der Waals surface area contributed by atoms with E-state index in [1.165, 1.54) is 4.31 Å². The summed E-state index contributed by atoms with van der Waals surface area (Å²) in [5.74, 6) is -0.426. The van der Waals surface area contributed by atoms with Crippen LogP contribution in [0.3, 0.4) is 0 Å². The standard InChI is InChI=1S/C21H28N4O5S/c1-5-22-20(26)17-7-6-13(2)18(12-17)23-21(27)16-8-10-25(11-9-16)31(28,29)19-14(3)24-30-15(19)4/h6-7,12,16H,5,8-11H2,1-4H3,(H,22,26)(H,23,27). The fourth-order valence-electron chi connectivity index (χ4n) is 3.73. The maximum absolute atomic E-state index is 12.9. The molecule has 1 fully saturated rings. The molecule has 0 unspecified atom stereocenters. The number of nitrogens with one attached hydrogen (secondary N) is 2. The molecule has 168 valence electrons. The number of aromatic nitrogens is 1. The van der Waals surface area contributed by atoms with Gasteiger partial charge in [0.1, 0.15) is 10.6 Å². The van der Waals surface area contributed by atoms with Gasteiger partial charge in [0.05, 0.1) is 0 Å². The summed E-state index contributed by atoms with van der Waals surface area (Å²) in [5, 5.41) is 9.38. The van der Waals surface area contributed by atoms with Gasteiger partial charge in [0.25, 0.3) is 5.91 Å². The second-order valence-corrected chi connectivity index (χ2v) is 9.58. The molecule has 9 nitrogen and oxygen atoms in total. The molecule has 1 aliphatic heterocycles. The lowest BCUT2D eigenvalue weighted by atomic mass is 9.97. The molecular formula is C21H28N4O5S. The van der Waals surface area contributed by atoms with Crippen LogP contribution >= 0.6 is 0 Å². The highest BCUT2D eigenvalue weighted by atomic mass is 32.2. The molecule has 0 saturated carbocycles. The van der Waals surface area contributed by atoms with Gasteiger partial charge in [0.2, 0.25) is 15.9 Å². The molecule has 0 spiro atoms. The Morgan fingerprint density at radius 2 is 1.87 bits per heavy atom. The number of anilines is 1. The number of carbonyl (C=O) groups excluding carboxylic acids is 2. The molecule has 3 rings (SSSR count). The van der Waals surface area contributed by atoms with Crippen molar-refractivity contribution in [1.82, 2.24) is 14.8 Å². The van der Waals surface area contributed by atoms with Gasteiger partial charge < -0.3 is 15.2 Å². The molecule has 1 aliphatic rings. The van der Waals surface area contributed by atoms with Crippen molar-refractivity contribution in [2.45, 2.75) is 45.4 Å². The third-order valence-corrected chi connectivity index (χ3v) is 7.63. The third kappa shape index (κ3) is 4.80. The van der Waals surface area contributed by atoms with Crippen LogP contribution in [0.5, 0.6) is 0 Å². The van der Waals surface area contributed by atoms with Crippen LogP contribution in [-0.2, 0) is 14.8 Å². The maximum atomic E-state index is 12.9. The van der Waals surface area contributed by atoms with Crippen molar-refractivity contribution in [2.24, 2.45) is 5.92 Å². The summed E-state index contributed by atoms with van der Waals surface area (Å²) < 4.78 is 32.3. The average Bonchev–Trinajstić information content (AvgIpc) is 3.08. The van der Waals surface area contributed by atoms with Gasteiger partial charge in [-0.1, -0.05) is 11.2 Å². The lowest BCUT2D eigenvalue weighted by Gasteiger charge is -2.30. The Morgan fingerprint density at radius 1 is 1.19 bits per heavy atom. The smallest absolute Gasteiger partial charge is 0.251 e. The van der Waals surface area contributed by atoms with Crippen molar-refractivity contribution >= 4 is 27.5 Å². The van der Waals surface area contributed by atoms with Gasteiger partial charge >= 0.3 is 0 Å². The van der Waals surface area contributed by atoms with Gasteiger partial charge in [-0.05, 0) is 58.2 Å². The minimum atomic E-state index is -3.71. The molecular weight excluding hydrogens is 420 g/mol. The second-order valence-electron chi connectivity index (χ2n) is 7.71. The van der Waals surface area contributed by atoms with Crippen LogP contribution in [-0.4, -0.2) is 49.3 Å². The maximum Gasteiger partial charge on any atom is 0.251 e. The number of rotatable bonds is 6. The Hall–Kier alpha value is -2.72. The van der Waals surface area contributed by atoms with Gasteiger partial charge in [-0.15, -0.1) is 0 Å². The highest BCUT2D eigenvalue weighted by Crippen LogP contribution is 2.28. The minimum absolute atomic E-state index is 0.105. The van der Waals surface area contributed by atoms with E-state index in [9.17, 15) is 18.0 Å². The molecule has 31 heavy (non-hydrogen) atoms. The van der Waals surface area contributed by atoms with Crippen molar-refractivity contribution in [3.05, 3.63) is 40.8 Å². The fraction of sp³-hybridized carbons (Fsp3) is 0.476. The van der Waals surface area contributed by atoms with E-state index in [0.717, 1.165) is 5.56 Å². The van der Waals surface area contributed by atoms with Gasteiger partial charge in [-0.25, -0.2) is 8.42 Å². The summed E-state index contributed by atoms with van der Waals surface area (Å²) in [7, 11) is -3.71. The van der Waals surface area contributed by atoms with Crippen LogP contribution in [0.2, 0.25) is 0 Å². The zero-order chi connectivity index (χ0) is 22.8. The molecule has 10 heteroatoms. The fourth-order valence-corrected chi connectivity index (χ4v) is 5.49. The Kier molecular flexibility index (Phi) is 6.80. The number of hydrogen-bond acceptors (Lipinski definition) is 6. The number of hydrogen-bond donors (Lipinski definition) is 2. The van der Waals surface area contributed by atoms with E-state index in [1.54, 1.807) is 32.0 Å². The van der Waals surface area contributed by atoms with Crippen LogP contribution in [0.25, 0.3) is 0 Å². The zero-order valence-electron chi connectivity index (χ0n) is 18.2. The van der Waals surface area contributed by atoms with Gasteiger partial charge in [0, 0.05) is 36.8 Å². The summed E-state index contributed by atoms with van der Waals surface area (Å²) in [6, 6.07) is 5.17. The van der Waals surface area contributed by atoms with Crippen molar-refractivity contribution in [3.63, 3.8) is 0 Å². The van der Waals surface area contributed by atoms with E-state index in [2.05, 4.69) is 15.8 Å². The lowest BCUT2D eigenvalue weighted by Crippen LogP contribution is -2.41. The van der Waals surface area contributed by atoms with E-state index >= 15 is 0 Å². The molecule has 1 aromatic heterocycles. The molecule has 0 aliphatic carbocycles. The van der Waals surface area contributed by atoms with Crippen LogP contribution < -0.4 is 10.6 Å². The molecule has 2 N–H and O–H groups in total. The number of aryl methyl sites for hydroxylation is 3. The monoisotopic (exact) mass is 448 g/mol. The highest BCUT2D eigenvalue weighted by Gasteiger charge is 2.35. The number of piperidine rings is 1. The minimum Gasteiger partial charge on any atom is -0.360 e. The van der Waals surface area contributed by atoms with Crippen LogP contribution in [0, 0.1) is 26.7 Å². The predicted molar refractivity (Wildman–Crippen MR) is 115 cm³/mol. The van der Waals surface area contributed by atoms with Crippen molar-refractivity contribution in [1.29, 1.82) is 0 Å². The van der Waals surface area contributed by atoms with Gasteiger partial charge in [0.15, 0.2) is 5.76 Å². The van der Waals surface area contributed by atoms with E-state index in [1.807, 2.05) is 13.8 Å². The van der Waals surface area contributed by atoms with Crippen LogP contribution in [0.1, 0.15) is 47.1 Å². The zero-order valence-corrected chi connectivity index (χ0v) is 19.0. The van der Waals surface area contributed by atoms with Crippen molar-refractivity contribution < 1.29 is 22.5 Å². The van der Waals surface area contributed by atoms with Crippen molar-refractivity contribution in [3.8, 4) is 0 Å². The molecule has 2 heterocycles. The number of carbonyl (C=O) groups is 2. The van der Waals surface area contributed by atoms with Gasteiger partial charge in [-0.3, -0.25) is 9.59 Å². The molecule has 1 saturated heterocycles. The molecule has 0 bridgehead atoms. The first kappa shape index (κ1) is 23.0. The van der Waals surface area contributed by atoms with E-state index in [0.29, 0.717) is 36.3 Å². The number of sulfonamides is 1. The summed E-state index contributed by atoms with van der Waals surface area (Å²) in [5.41, 5.74) is 2.24. The first-order valence-electron chi connectivity index (χ1n) is 10.3. The Bertz CT molecular complexity index is 1070. The third-order valence-electron chi connectivity index (χ3n) is 5.49. The predicted octanol–water partition coefficient (Wildman–Crippen LogP) is 2.39. The number of benzene rings is 1. The van der Waals surface area contributed by atoms with Gasteiger partial charge in [-0.2, -0.15) is 4.31 Å². The molecule has 1 aromatic carbocycles. The van der Waals surface area contributed by atoms with Crippen LogP contribution in [0.4, 0.5) is 5.69 Å². The van der Waals surface area contributed by atoms with Crippen LogP contribution in [0.15, 0.2) is 27.6 Å². The largest absolute Gasteiger partial charge is 0.360 e. The first-order valence-corrected chi connectivity index (χ1v) is 11.7. The lowest BCUT2D eigenvalue weighted by molar-refractivity contribution is -0.120. The molecule has 0 radical (unpaired) electrons. The average molecular weight is 449 g/mol. The highest BCUT2D eigenvalue weighted by molar-refractivity contribution is 7.89. The molecule has 2 aromatic rings. The SMILES string of the molecule is CCNC(=O)c1ccc(C)c(NC(=O)C2CCN(S(=O)(=O)c3c(C)noc3C)CC2)c1. The number of nitrogens with zero attached hydrogens (tertiary/aromatic N) is 2. The van der Waals surface area contributed by atoms with Crippen molar-refractivity contribution in [2.75, 3.05) is 25.0 Å². The Balaban J connectivity index is 1.66. The quantitative estimate of drug-likeness (QED) is 0.700. The van der Waals surface area contributed by atoms with E-state index < -0.39 is 10.0 Å². The summed E-state index contributed by atoms with van der Waals surface area (Å²) in [6.45, 7) is 7.86. The summed E-state index contributed by atoms with van der Waals surface area (Å²) >= 11 is 0. The topological polar surface area (TPSA) is 122 Å². The summed E-state index contributed by atoms with van der Waals surface area (Å²) in [6.07, 6.45) is 0.812. The Morgan fingerprint density at radius 3 is 2.45 bits per heavy atom. The molecule has 2 amide bonds. The number of amides is 2. The molecule has 0 atom stereocenters. The van der Waals surface area contributed by atoms with E-state index in [-0.39, 0.29) is 41.5 Å². The normalized spacial score (nSPS) is 15.6. The summed E-state index contributed by atoms with van der Waals surface area (Å²) in [4.78, 5) is 25.0.